The number of hydrogen-bond acceptors (Lipinski definition) is 5. The highest BCUT2D eigenvalue weighted by Crippen LogP contribution is 2.28. The highest BCUT2D eigenvalue weighted by Gasteiger charge is 2.34. The fourth-order valence-electron chi connectivity index (χ4n) is 2.90. The number of carbonyl (C=O) groups excluding carboxylic acids is 3. The number of rotatable bonds is 7. The monoisotopic (exact) mass is 432 g/mol. The van der Waals surface area contributed by atoms with Crippen LogP contribution >= 0.6 is 11.3 Å². The normalized spacial score (nSPS) is 13.6. The molecule has 1 heterocycles. The number of aromatic nitrogens is 1. The summed E-state index contributed by atoms with van der Waals surface area (Å²) in [5.41, 5.74) is 0.587. The first-order valence-electron chi connectivity index (χ1n) is 9.72. The molecule has 1 saturated carbocycles. The lowest BCUT2D eigenvalue weighted by Crippen LogP contribution is -2.41. The summed E-state index contributed by atoms with van der Waals surface area (Å²) in [7, 11) is 0. The summed E-state index contributed by atoms with van der Waals surface area (Å²) >= 11 is 1.23. The Labute approximate surface area is 178 Å². The summed E-state index contributed by atoms with van der Waals surface area (Å²) in [6, 6.07) is 5.30. The van der Waals surface area contributed by atoms with Crippen LogP contribution in [0.15, 0.2) is 29.6 Å². The molecule has 2 aromatic rings. The van der Waals surface area contributed by atoms with Crippen LogP contribution in [0.5, 0.6) is 0 Å². The Balaban J connectivity index is 1.57. The molecule has 30 heavy (non-hydrogen) atoms. The zero-order valence-electron chi connectivity index (χ0n) is 17.2. The number of carbonyl (C=O) groups is 3. The van der Waals surface area contributed by atoms with E-state index < -0.39 is 5.82 Å². The molecule has 0 atom stereocenters. The van der Waals surface area contributed by atoms with E-state index >= 15 is 0 Å². The Morgan fingerprint density at radius 3 is 2.43 bits per heavy atom. The Kier molecular flexibility index (Phi) is 6.50. The molecule has 3 rings (SSSR count). The largest absolute Gasteiger partial charge is 0.351 e. The van der Waals surface area contributed by atoms with Crippen LogP contribution in [-0.2, 0) is 16.0 Å². The minimum absolute atomic E-state index is 0.0150. The first kappa shape index (κ1) is 21.9. The molecule has 1 fully saturated rings. The number of nitrogens with one attached hydrogen (secondary N) is 2. The van der Waals surface area contributed by atoms with Gasteiger partial charge >= 0.3 is 0 Å². The van der Waals surface area contributed by atoms with Crippen LogP contribution in [0.1, 0.15) is 49.7 Å². The number of halogens is 1. The van der Waals surface area contributed by atoms with Gasteiger partial charge in [0.1, 0.15) is 12.4 Å². The van der Waals surface area contributed by atoms with E-state index in [0.717, 1.165) is 12.8 Å². The van der Waals surface area contributed by atoms with Crippen molar-refractivity contribution in [1.82, 2.24) is 15.2 Å². The molecule has 7 nitrogen and oxygen atoms in total. The van der Waals surface area contributed by atoms with Gasteiger partial charge in [0, 0.05) is 22.5 Å². The van der Waals surface area contributed by atoms with E-state index in [1.165, 1.54) is 40.5 Å². The topological polar surface area (TPSA) is 91.4 Å². The van der Waals surface area contributed by atoms with Gasteiger partial charge in [0.15, 0.2) is 5.13 Å². The second-order valence-corrected chi connectivity index (χ2v) is 9.20. The van der Waals surface area contributed by atoms with Crippen molar-refractivity contribution in [3.63, 3.8) is 0 Å². The molecule has 2 N–H and O–H groups in total. The lowest BCUT2D eigenvalue weighted by molar-refractivity contribution is -0.122. The first-order chi connectivity index (χ1) is 14.1. The van der Waals surface area contributed by atoms with E-state index in [1.807, 2.05) is 20.8 Å². The van der Waals surface area contributed by atoms with E-state index in [4.69, 9.17) is 0 Å². The van der Waals surface area contributed by atoms with Crippen molar-refractivity contribution in [1.29, 1.82) is 0 Å². The maximum Gasteiger partial charge on any atom is 0.254 e. The Morgan fingerprint density at radius 2 is 1.83 bits per heavy atom. The van der Waals surface area contributed by atoms with E-state index in [-0.39, 0.29) is 42.3 Å². The molecule has 0 radical (unpaired) electrons. The number of hydrogen-bond donors (Lipinski definition) is 2. The predicted molar refractivity (Wildman–Crippen MR) is 113 cm³/mol. The number of thiazole rings is 1. The summed E-state index contributed by atoms with van der Waals surface area (Å²) in [6.45, 7) is 5.59. The number of anilines is 1. The zero-order chi connectivity index (χ0) is 21.9. The van der Waals surface area contributed by atoms with Crippen molar-refractivity contribution in [3.05, 3.63) is 46.7 Å². The van der Waals surface area contributed by atoms with Crippen LogP contribution in [0.3, 0.4) is 0 Å². The van der Waals surface area contributed by atoms with Gasteiger partial charge in [0.05, 0.1) is 12.1 Å². The predicted octanol–water partition coefficient (Wildman–Crippen LogP) is 2.98. The summed E-state index contributed by atoms with van der Waals surface area (Å²) in [6.07, 6.45) is 1.80. The molecule has 160 valence electrons. The van der Waals surface area contributed by atoms with Crippen LogP contribution in [0, 0.1) is 5.82 Å². The molecule has 1 aromatic carbocycles. The summed E-state index contributed by atoms with van der Waals surface area (Å²) in [5, 5.41) is 7.66. The number of amides is 3. The second-order valence-electron chi connectivity index (χ2n) is 8.34. The third-order valence-electron chi connectivity index (χ3n) is 4.31. The van der Waals surface area contributed by atoms with Crippen molar-refractivity contribution < 1.29 is 18.8 Å². The molecular weight excluding hydrogens is 407 g/mol. The van der Waals surface area contributed by atoms with E-state index in [1.54, 1.807) is 5.38 Å². The van der Waals surface area contributed by atoms with E-state index in [2.05, 4.69) is 15.6 Å². The molecular formula is C21H25FN4O3S. The molecule has 0 bridgehead atoms. The van der Waals surface area contributed by atoms with Gasteiger partial charge in [-0.3, -0.25) is 14.4 Å². The van der Waals surface area contributed by atoms with Crippen molar-refractivity contribution >= 4 is 34.2 Å². The lowest BCUT2D eigenvalue weighted by atomic mass is 10.1. The van der Waals surface area contributed by atoms with Crippen molar-refractivity contribution in [2.45, 2.75) is 51.6 Å². The molecule has 0 saturated heterocycles. The second kappa shape index (κ2) is 8.91. The van der Waals surface area contributed by atoms with Crippen molar-refractivity contribution in [2.75, 3.05) is 11.9 Å². The summed E-state index contributed by atoms with van der Waals surface area (Å²) in [5.74, 6) is -1.22. The highest BCUT2D eigenvalue weighted by molar-refractivity contribution is 7.13. The lowest BCUT2D eigenvalue weighted by Gasteiger charge is -2.21. The molecule has 1 aliphatic rings. The van der Waals surface area contributed by atoms with E-state index in [9.17, 15) is 18.8 Å². The minimum Gasteiger partial charge on any atom is -0.351 e. The Hall–Kier alpha value is -2.81. The molecule has 9 heteroatoms. The van der Waals surface area contributed by atoms with Crippen LogP contribution in [0.4, 0.5) is 9.52 Å². The van der Waals surface area contributed by atoms with Crippen LogP contribution in [0.2, 0.25) is 0 Å². The smallest absolute Gasteiger partial charge is 0.254 e. The molecule has 1 aliphatic carbocycles. The van der Waals surface area contributed by atoms with Gasteiger partial charge in [-0.15, -0.1) is 11.3 Å². The van der Waals surface area contributed by atoms with Gasteiger partial charge in [0.25, 0.3) is 5.91 Å². The first-order valence-corrected chi connectivity index (χ1v) is 10.6. The standard InChI is InChI=1S/C21H25FN4O3S/c1-21(2,3)25-17(27)10-15-12-30-20(23-15)24-18(28)11-26(16-8-9-16)19(29)13-4-6-14(22)7-5-13/h4-7,12,16H,8-11H2,1-3H3,(H,25,27)(H,23,24,28). The SMILES string of the molecule is CC(C)(C)NC(=O)Cc1csc(NC(=O)CN(C(=O)c2ccc(F)cc2)C2CC2)n1. The maximum atomic E-state index is 13.1. The van der Waals surface area contributed by atoms with Gasteiger partial charge in [-0.05, 0) is 57.9 Å². The molecule has 0 unspecified atom stereocenters. The third-order valence-corrected chi connectivity index (χ3v) is 5.11. The molecule has 0 spiro atoms. The molecule has 0 aliphatic heterocycles. The Morgan fingerprint density at radius 1 is 1.17 bits per heavy atom. The minimum atomic E-state index is -0.418. The van der Waals surface area contributed by atoms with Gasteiger partial charge in [0.2, 0.25) is 11.8 Å². The fraction of sp³-hybridized carbons (Fsp3) is 0.429. The van der Waals surface area contributed by atoms with Crippen LogP contribution in [-0.4, -0.2) is 45.7 Å². The van der Waals surface area contributed by atoms with Gasteiger partial charge in [-0.25, -0.2) is 9.37 Å². The van der Waals surface area contributed by atoms with Crippen molar-refractivity contribution in [3.8, 4) is 0 Å². The number of benzene rings is 1. The zero-order valence-corrected chi connectivity index (χ0v) is 18.0. The van der Waals surface area contributed by atoms with Gasteiger partial charge in [-0.2, -0.15) is 0 Å². The fourth-order valence-corrected chi connectivity index (χ4v) is 3.62. The van der Waals surface area contributed by atoms with Crippen molar-refractivity contribution in [2.24, 2.45) is 0 Å². The van der Waals surface area contributed by atoms with Crippen LogP contribution in [0.25, 0.3) is 0 Å². The summed E-state index contributed by atoms with van der Waals surface area (Å²) in [4.78, 5) is 43.0. The highest BCUT2D eigenvalue weighted by atomic mass is 32.1. The Bertz CT molecular complexity index is 932. The van der Waals surface area contributed by atoms with Crippen LogP contribution < -0.4 is 10.6 Å². The maximum absolute atomic E-state index is 13.1. The quantitative estimate of drug-likeness (QED) is 0.704. The summed E-state index contributed by atoms with van der Waals surface area (Å²) < 4.78 is 13.1. The van der Waals surface area contributed by atoms with E-state index in [0.29, 0.717) is 16.4 Å². The van der Waals surface area contributed by atoms with Gasteiger partial charge in [-0.1, -0.05) is 0 Å². The molecule has 3 amide bonds. The average Bonchev–Trinajstić information content (AvgIpc) is 3.39. The average molecular weight is 433 g/mol. The third kappa shape index (κ3) is 6.35. The molecule has 1 aromatic heterocycles. The van der Waals surface area contributed by atoms with Gasteiger partial charge < -0.3 is 15.5 Å². The number of nitrogens with zero attached hydrogens (tertiary/aromatic N) is 2.